The maximum absolute atomic E-state index is 11.2. The van der Waals surface area contributed by atoms with Crippen molar-refractivity contribution in [3.63, 3.8) is 0 Å². The van der Waals surface area contributed by atoms with Crippen LogP contribution in [-0.2, 0) is 4.79 Å². The smallest absolute Gasteiger partial charge is 0.243 e. The van der Waals surface area contributed by atoms with Crippen LogP contribution in [0.15, 0.2) is 12.7 Å². The van der Waals surface area contributed by atoms with Gasteiger partial charge in [-0.1, -0.05) is 40.7 Å². The summed E-state index contributed by atoms with van der Waals surface area (Å²) in [5.74, 6) is 1.40. The van der Waals surface area contributed by atoms with Crippen LogP contribution in [0.25, 0.3) is 0 Å². The quantitative estimate of drug-likeness (QED) is 0.629. The van der Waals surface area contributed by atoms with Gasteiger partial charge in [-0.05, 0) is 37.2 Å². The molecule has 0 aromatic heterocycles. The molecule has 94 valence electrons. The van der Waals surface area contributed by atoms with Crippen LogP contribution >= 0.6 is 0 Å². The molecule has 16 heavy (non-hydrogen) atoms. The van der Waals surface area contributed by atoms with Gasteiger partial charge in [0.25, 0.3) is 0 Å². The zero-order valence-corrected chi connectivity index (χ0v) is 11.3. The molecule has 0 aromatic rings. The van der Waals surface area contributed by atoms with Crippen molar-refractivity contribution in [2.45, 2.75) is 59.4 Å². The molecule has 0 fully saturated rings. The number of nitrogens with one attached hydrogen (secondary N) is 1. The van der Waals surface area contributed by atoms with Crippen molar-refractivity contribution in [3.8, 4) is 0 Å². The van der Waals surface area contributed by atoms with Crippen LogP contribution in [0.2, 0.25) is 0 Å². The minimum atomic E-state index is -0.0498. The summed E-state index contributed by atoms with van der Waals surface area (Å²) in [5.41, 5.74) is 0. The Morgan fingerprint density at radius 1 is 1.25 bits per heavy atom. The van der Waals surface area contributed by atoms with E-state index in [1.807, 2.05) is 0 Å². The monoisotopic (exact) mass is 225 g/mol. The van der Waals surface area contributed by atoms with E-state index in [1.54, 1.807) is 0 Å². The average molecular weight is 225 g/mol. The molecule has 0 bridgehead atoms. The van der Waals surface area contributed by atoms with Crippen molar-refractivity contribution in [2.24, 2.45) is 11.8 Å². The van der Waals surface area contributed by atoms with Crippen LogP contribution < -0.4 is 5.32 Å². The van der Waals surface area contributed by atoms with E-state index in [-0.39, 0.29) is 5.91 Å². The van der Waals surface area contributed by atoms with Gasteiger partial charge < -0.3 is 5.32 Å². The van der Waals surface area contributed by atoms with Crippen LogP contribution in [0.5, 0.6) is 0 Å². The fourth-order valence-corrected chi connectivity index (χ4v) is 2.09. The molecule has 1 amide bonds. The summed E-state index contributed by atoms with van der Waals surface area (Å²) in [7, 11) is 0. The molecule has 2 nitrogen and oxygen atoms in total. The van der Waals surface area contributed by atoms with Crippen LogP contribution in [0, 0.1) is 11.8 Å². The fourth-order valence-electron chi connectivity index (χ4n) is 2.09. The second-order valence-corrected chi connectivity index (χ2v) is 4.96. The Hall–Kier alpha value is -0.790. The van der Waals surface area contributed by atoms with Gasteiger partial charge in [-0.3, -0.25) is 4.79 Å². The second kappa shape index (κ2) is 8.37. The average Bonchev–Trinajstić information content (AvgIpc) is 2.25. The molecule has 0 rings (SSSR count). The van der Waals surface area contributed by atoms with E-state index >= 15 is 0 Å². The first-order valence-electron chi connectivity index (χ1n) is 6.46. The van der Waals surface area contributed by atoms with Gasteiger partial charge in [0, 0.05) is 6.04 Å². The highest BCUT2D eigenvalue weighted by Gasteiger charge is 2.15. The van der Waals surface area contributed by atoms with E-state index in [2.05, 4.69) is 39.6 Å². The second-order valence-electron chi connectivity index (χ2n) is 4.96. The molecule has 2 heteroatoms. The first-order chi connectivity index (χ1) is 7.53. The molecule has 0 radical (unpaired) electrons. The van der Waals surface area contributed by atoms with Crippen molar-refractivity contribution in [1.29, 1.82) is 0 Å². The van der Waals surface area contributed by atoms with E-state index in [9.17, 15) is 4.79 Å². The summed E-state index contributed by atoms with van der Waals surface area (Å²) in [6.07, 6.45) is 5.88. The maximum Gasteiger partial charge on any atom is 0.243 e. The largest absolute Gasteiger partial charge is 0.350 e. The molecule has 1 N–H and O–H groups in total. The van der Waals surface area contributed by atoms with Crippen molar-refractivity contribution in [3.05, 3.63) is 12.7 Å². The molecule has 0 saturated carbocycles. The van der Waals surface area contributed by atoms with Crippen LogP contribution in [-0.4, -0.2) is 11.9 Å². The summed E-state index contributed by atoms with van der Waals surface area (Å²) >= 11 is 0. The summed E-state index contributed by atoms with van der Waals surface area (Å²) in [6.45, 7) is 12.3. The first kappa shape index (κ1) is 15.2. The van der Waals surface area contributed by atoms with Gasteiger partial charge in [-0.2, -0.15) is 0 Å². The SMILES string of the molecule is C=CC(=O)NC(CC)C[C@@H](CC)CC(C)C. The van der Waals surface area contributed by atoms with E-state index < -0.39 is 0 Å². The predicted molar refractivity (Wildman–Crippen MR) is 70.3 cm³/mol. The van der Waals surface area contributed by atoms with Gasteiger partial charge in [0.2, 0.25) is 5.91 Å². The summed E-state index contributed by atoms with van der Waals surface area (Å²) in [6, 6.07) is 0.300. The maximum atomic E-state index is 11.2. The van der Waals surface area contributed by atoms with Gasteiger partial charge in [0.15, 0.2) is 0 Å². The Labute approximate surface area is 101 Å². The molecule has 1 unspecified atom stereocenters. The Morgan fingerprint density at radius 2 is 1.88 bits per heavy atom. The number of carbonyl (C=O) groups is 1. The molecule has 0 aliphatic carbocycles. The van der Waals surface area contributed by atoms with Gasteiger partial charge in [-0.25, -0.2) is 0 Å². The van der Waals surface area contributed by atoms with E-state index in [1.165, 1.54) is 18.9 Å². The summed E-state index contributed by atoms with van der Waals surface area (Å²) in [5, 5.41) is 3.00. The number of hydrogen-bond donors (Lipinski definition) is 1. The van der Waals surface area contributed by atoms with Crippen LogP contribution in [0.3, 0.4) is 0 Å². The summed E-state index contributed by atoms with van der Waals surface area (Å²) < 4.78 is 0. The minimum Gasteiger partial charge on any atom is -0.350 e. The molecule has 0 heterocycles. The number of carbonyl (C=O) groups excluding carboxylic acids is 1. The lowest BCUT2D eigenvalue weighted by Crippen LogP contribution is -2.34. The normalized spacial score (nSPS) is 14.6. The van der Waals surface area contributed by atoms with Crippen LogP contribution in [0.4, 0.5) is 0 Å². The first-order valence-corrected chi connectivity index (χ1v) is 6.46. The van der Waals surface area contributed by atoms with Gasteiger partial charge >= 0.3 is 0 Å². The van der Waals surface area contributed by atoms with Crippen molar-refractivity contribution < 1.29 is 4.79 Å². The third-order valence-corrected chi connectivity index (χ3v) is 3.02. The summed E-state index contributed by atoms with van der Waals surface area (Å²) in [4.78, 5) is 11.2. The Bertz CT molecular complexity index is 211. The van der Waals surface area contributed by atoms with E-state index in [4.69, 9.17) is 0 Å². The zero-order chi connectivity index (χ0) is 12.6. The number of amides is 1. The van der Waals surface area contributed by atoms with Crippen molar-refractivity contribution in [1.82, 2.24) is 5.32 Å². The van der Waals surface area contributed by atoms with Crippen molar-refractivity contribution in [2.75, 3.05) is 0 Å². The Balaban J connectivity index is 4.15. The lowest BCUT2D eigenvalue weighted by atomic mass is 9.88. The molecular weight excluding hydrogens is 198 g/mol. The predicted octanol–water partition coefficient (Wildman–Crippen LogP) is 3.53. The molecule has 0 aliphatic heterocycles. The molecule has 0 aliphatic rings. The Morgan fingerprint density at radius 3 is 2.25 bits per heavy atom. The highest BCUT2D eigenvalue weighted by molar-refractivity contribution is 5.87. The lowest BCUT2D eigenvalue weighted by molar-refractivity contribution is -0.117. The van der Waals surface area contributed by atoms with E-state index in [0.717, 1.165) is 24.7 Å². The molecule has 0 spiro atoms. The minimum absolute atomic E-state index is 0.0498. The molecule has 0 aromatic carbocycles. The van der Waals surface area contributed by atoms with Gasteiger partial charge in [-0.15, -0.1) is 0 Å². The van der Waals surface area contributed by atoms with Gasteiger partial charge in [0.1, 0.15) is 0 Å². The number of hydrogen-bond acceptors (Lipinski definition) is 1. The standard InChI is InChI=1S/C14H27NO/c1-6-12(9-11(4)5)10-13(7-2)15-14(16)8-3/h8,11-13H,3,6-7,9-10H2,1-2,4-5H3,(H,15,16)/t12-,13?/m0/s1. The number of rotatable bonds is 8. The topological polar surface area (TPSA) is 29.1 Å². The van der Waals surface area contributed by atoms with Gasteiger partial charge in [0.05, 0.1) is 0 Å². The highest BCUT2D eigenvalue weighted by atomic mass is 16.1. The highest BCUT2D eigenvalue weighted by Crippen LogP contribution is 2.21. The third kappa shape index (κ3) is 6.65. The lowest BCUT2D eigenvalue weighted by Gasteiger charge is -2.23. The molecular formula is C14H27NO. The van der Waals surface area contributed by atoms with Crippen molar-refractivity contribution >= 4 is 5.91 Å². The third-order valence-electron chi connectivity index (χ3n) is 3.02. The fraction of sp³-hybridized carbons (Fsp3) is 0.786. The molecule has 2 atom stereocenters. The molecule has 0 saturated heterocycles. The van der Waals surface area contributed by atoms with E-state index in [0.29, 0.717) is 6.04 Å². The zero-order valence-electron chi connectivity index (χ0n) is 11.3. The van der Waals surface area contributed by atoms with Crippen LogP contribution in [0.1, 0.15) is 53.4 Å². The Kier molecular flexibility index (Phi) is 7.96.